The molecule has 0 radical (unpaired) electrons. The zero-order valence-corrected chi connectivity index (χ0v) is 12.5. The van der Waals surface area contributed by atoms with E-state index in [9.17, 15) is 17.6 Å². The Labute approximate surface area is 125 Å². The number of hydrogen-bond donors (Lipinski definition) is 2. The summed E-state index contributed by atoms with van der Waals surface area (Å²) in [6.45, 7) is 1.58. The predicted molar refractivity (Wildman–Crippen MR) is 77.2 cm³/mol. The van der Waals surface area contributed by atoms with Gasteiger partial charge in [-0.15, -0.1) is 0 Å². The normalized spacial score (nSPS) is 13.1. The molecular formula is C13H12ClFN2O3S. The summed E-state index contributed by atoms with van der Waals surface area (Å²) >= 11 is 5.61. The molecule has 0 fully saturated rings. The SMILES string of the molecule is CC(NS(=O)(=O)c1c[nH]c(=O)c(Cl)c1)c1cccc(F)c1. The lowest BCUT2D eigenvalue weighted by Crippen LogP contribution is -2.27. The van der Waals surface area contributed by atoms with Gasteiger partial charge in [0.05, 0.1) is 4.90 Å². The van der Waals surface area contributed by atoms with Crippen LogP contribution in [0.2, 0.25) is 5.02 Å². The number of benzene rings is 1. The van der Waals surface area contributed by atoms with Crippen molar-refractivity contribution in [1.29, 1.82) is 0 Å². The van der Waals surface area contributed by atoms with Crippen LogP contribution < -0.4 is 10.3 Å². The van der Waals surface area contributed by atoms with E-state index in [2.05, 4.69) is 9.71 Å². The molecule has 0 aliphatic heterocycles. The maximum Gasteiger partial charge on any atom is 0.266 e. The fraction of sp³-hybridized carbons (Fsp3) is 0.154. The van der Waals surface area contributed by atoms with Gasteiger partial charge in [0.15, 0.2) is 0 Å². The summed E-state index contributed by atoms with van der Waals surface area (Å²) in [5, 5.41) is -0.226. The van der Waals surface area contributed by atoms with Gasteiger partial charge in [-0.3, -0.25) is 4.79 Å². The topological polar surface area (TPSA) is 79.0 Å². The van der Waals surface area contributed by atoms with Gasteiger partial charge in [0.1, 0.15) is 10.8 Å². The molecular weight excluding hydrogens is 319 g/mol. The van der Waals surface area contributed by atoms with Crippen molar-refractivity contribution in [3.05, 3.63) is 63.3 Å². The molecule has 0 bridgehead atoms. The Morgan fingerprint density at radius 3 is 2.67 bits per heavy atom. The quantitative estimate of drug-likeness (QED) is 0.902. The van der Waals surface area contributed by atoms with Gasteiger partial charge in [-0.1, -0.05) is 23.7 Å². The highest BCUT2D eigenvalue weighted by Gasteiger charge is 2.19. The summed E-state index contributed by atoms with van der Waals surface area (Å²) < 4.78 is 39.9. The van der Waals surface area contributed by atoms with Crippen LogP contribution in [0.1, 0.15) is 18.5 Å². The number of rotatable bonds is 4. The second-order valence-electron chi connectivity index (χ2n) is 4.41. The molecule has 112 valence electrons. The lowest BCUT2D eigenvalue weighted by molar-refractivity contribution is 0.564. The number of pyridine rings is 1. The van der Waals surface area contributed by atoms with Crippen LogP contribution in [0.15, 0.2) is 46.2 Å². The first kappa shape index (κ1) is 15.7. The molecule has 0 aliphatic rings. The van der Waals surface area contributed by atoms with Gasteiger partial charge in [0.25, 0.3) is 5.56 Å². The maximum atomic E-state index is 13.1. The van der Waals surface area contributed by atoms with Crippen molar-refractivity contribution in [1.82, 2.24) is 9.71 Å². The van der Waals surface area contributed by atoms with E-state index in [1.807, 2.05) is 0 Å². The Bertz CT molecular complexity index is 820. The van der Waals surface area contributed by atoms with Crippen molar-refractivity contribution in [2.45, 2.75) is 17.9 Å². The Balaban J connectivity index is 2.28. The summed E-state index contributed by atoms with van der Waals surface area (Å²) in [5.41, 5.74) is -0.0945. The van der Waals surface area contributed by atoms with Gasteiger partial charge in [0, 0.05) is 12.2 Å². The van der Waals surface area contributed by atoms with Crippen molar-refractivity contribution in [3.8, 4) is 0 Å². The van der Waals surface area contributed by atoms with E-state index in [0.29, 0.717) is 5.56 Å². The third kappa shape index (κ3) is 3.69. The zero-order chi connectivity index (χ0) is 15.6. The zero-order valence-electron chi connectivity index (χ0n) is 10.9. The molecule has 1 heterocycles. The average Bonchev–Trinajstić information content (AvgIpc) is 2.41. The van der Waals surface area contributed by atoms with Gasteiger partial charge < -0.3 is 4.98 Å². The van der Waals surface area contributed by atoms with Crippen LogP contribution >= 0.6 is 11.6 Å². The molecule has 2 N–H and O–H groups in total. The van der Waals surface area contributed by atoms with Crippen molar-refractivity contribution >= 4 is 21.6 Å². The second-order valence-corrected chi connectivity index (χ2v) is 6.53. The number of sulfonamides is 1. The molecule has 0 saturated heterocycles. The molecule has 0 spiro atoms. The monoisotopic (exact) mass is 330 g/mol. The number of H-pyrrole nitrogens is 1. The van der Waals surface area contributed by atoms with Crippen LogP contribution in [0, 0.1) is 5.82 Å². The Morgan fingerprint density at radius 2 is 2.05 bits per heavy atom. The molecule has 8 heteroatoms. The van der Waals surface area contributed by atoms with E-state index < -0.39 is 27.4 Å². The minimum atomic E-state index is -3.89. The molecule has 21 heavy (non-hydrogen) atoms. The molecule has 0 saturated carbocycles. The largest absolute Gasteiger partial charge is 0.326 e. The molecule has 1 unspecified atom stereocenters. The van der Waals surface area contributed by atoms with Crippen LogP contribution in [0.3, 0.4) is 0 Å². The van der Waals surface area contributed by atoms with Gasteiger partial charge in [0.2, 0.25) is 10.0 Å². The predicted octanol–water partition coefficient (Wildman–Crippen LogP) is 2.21. The lowest BCUT2D eigenvalue weighted by atomic mass is 10.1. The molecule has 0 aliphatic carbocycles. The highest BCUT2D eigenvalue weighted by molar-refractivity contribution is 7.89. The molecule has 1 atom stereocenters. The standard InChI is InChI=1S/C13H12ClFN2O3S/c1-8(9-3-2-4-10(15)5-9)17-21(19,20)11-6-12(14)13(18)16-7-11/h2-8,17H,1H3,(H,16,18). The van der Waals surface area contributed by atoms with E-state index in [4.69, 9.17) is 11.6 Å². The first-order valence-electron chi connectivity index (χ1n) is 5.95. The highest BCUT2D eigenvalue weighted by Crippen LogP contribution is 2.18. The third-order valence-electron chi connectivity index (χ3n) is 2.82. The van der Waals surface area contributed by atoms with Crippen LogP contribution in [-0.4, -0.2) is 13.4 Å². The van der Waals surface area contributed by atoms with Crippen molar-refractivity contribution in [2.24, 2.45) is 0 Å². The minimum Gasteiger partial charge on any atom is -0.326 e. The fourth-order valence-corrected chi connectivity index (χ4v) is 3.20. The second kappa shape index (κ2) is 5.97. The molecule has 1 aromatic heterocycles. The number of hydrogen-bond acceptors (Lipinski definition) is 3. The number of aromatic amines is 1. The average molecular weight is 331 g/mol. The fourth-order valence-electron chi connectivity index (χ4n) is 1.74. The number of halogens is 2. The minimum absolute atomic E-state index is 0.171. The summed E-state index contributed by atoms with van der Waals surface area (Å²) in [5.74, 6) is -0.453. The van der Waals surface area contributed by atoms with Crippen molar-refractivity contribution in [3.63, 3.8) is 0 Å². The van der Waals surface area contributed by atoms with Crippen molar-refractivity contribution in [2.75, 3.05) is 0 Å². The number of nitrogens with one attached hydrogen (secondary N) is 2. The first-order chi connectivity index (χ1) is 9.79. The van der Waals surface area contributed by atoms with E-state index >= 15 is 0 Å². The molecule has 0 amide bonds. The van der Waals surface area contributed by atoms with E-state index in [1.54, 1.807) is 13.0 Å². The van der Waals surface area contributed by atoms with E-state index in [-0.39, 0.29) is 9.92 Å². The van der Waals surface area contributed by atoms with Crippen LogP contribution in [-0.2, 0) is 10.0 Å². The summed E-state index contributed by atoms with van der Waals surface area (Å²) in [4.78, 5) is 13.2. The molecule has 2 aromatic rings. The molecule has 5 nitrogen and oxygen atoms in total. The summed E-state index contributed by atoms with van der Waals surface area (Å²) in [6, 6.07) is 6.03. The Kier molecular flexibility index (Phi) is 4.46. The molecule has 2 rings (SSSR count). The summed E-state index contributed by atoms with van der Waals surface area (Å²) in [7, 11) is -3.89. The van der Waals surface area contributed by atoms with Gasteiger partial charge in [-0.05, 0) is 30.7 Å². The smallest absolute Gasteiger partial charge is 0.266 e. The maximum absolute atomic E-state index is 13.1. The third-order valence-corrected chi connectivity index (χ3v) is 4.62. The first-order valence-corrected chi connectivity index (χ1v) is 7.82. The van der Waals surface area contributed by atoms with E-state index in [1.165, 1.54) is 18.2 Å². The Hall–Kier alpha value is -1.70. The van der Waals surface area contributed by atoms with Crippen LogP contribution in [0.25, 0.3) is 0 Å². The molecule has 1 aromatic carbocycles. The van der Waals surface area contributed by atoms with Gasteiger partial charge in [-0.25, -0.2) is 17.5 Å². The van der Waals surface area contributed by atoms with Crippen LogP contribution in [0.4, 0.5) is 4.39 Å². The van der Waals surface area contributed by atoms with Crippen molar-refractivity contribution < 1.29 is 12.8 Å². The Morgan fingerprint density at radius 1 is 1.33 bits per heavy atom. The van der Waals surface area contributed by atoms with Gasteiger partial charge >= 0.3 is 0 Å². The number of aromatic nitrogens is 1. The van der Waals surface area contributed by atoms with Gasteiger partial charge in [-0.2, -0.15) is 0 Å². The van der Waals surface area contributed by atoms with E-state index in [0.717, 1.165) is 12.3 Å². The van der Waals surface area contributed by atoms with Crippen LogP contribution in [0.5, 0.6) is 0 Å². The highest BCUT2D eigenvalue weighted by atomic mass is 35.5. The lowest BCUT2D eigenvalue weighted by Gasteiger charge is -2.14. The summed E-state index contributed by atoms with van der Waals surface area (Å²) in [6.07, 6.45) is 1.05.